The van der Waals surface area contributed by atoms with Crippen LogP contribution >= 0.6 is 0 Å². The second kappa shape index (κ2) is 7.26. The van der Waals surface area contributed by atoms with E-state index in [9.17, 15) is 9.59 Å². The van der Waals surface area contributed by atoms with Gasteiger partial charge in [-0.3, -0.25) is 4.79 Å². The Kier molecular flexibility index (Phi) is 4.88. The van der Waals surface area contributed by atoms with Crippen molar-refractivity contribution in [2.45, 2.75) is 13.0 Å². The highest BCUT2D eigenvalue weighted by atomic mass is 16.5. The van der Waals surface area contributed by atoms with Crippen LogP contribution < -0.4 is 15.0 Å². The van der Waals surface area contributed by atoms with Crippen molar-refractivity contribution >= 4 is 16.9 Å². The van der Waals surface area contributed by atoms with Crippen molar-refractivity contribution in [1.82, 2.24) is 9.97 Å². The number of ether oxygens (including phenoxy) is 3. The number of carbonyl (C=O) groups excluding carboxylic acids is 1. The maximum Gasteiger partial charge on any atom is 0.338 e. The zero-order valence-corrected chi connectivity index (χ0v) is 14.6. The van der Waals surface area contributed by atoms with Crippen LogP contribution in [0.5, 0.6) is 11.5 Å². The van der Waals surface area contributed by atoms with Crippen LogP contribution in [-0.2, 0) is 4.74 Å². The van der Waals surface area contributed by atoms with Gasteiger partial charge < -0.3 is 19.2 Å². The monoisotopic (exact) mass is 354 g/mol. The zero-order valence-electron chi connectivity index (χ0n) is 14.6. The molecule has 2 aromatic carbocycles. The molecule has 0 aliphatic rings. The lowest BCUT2D eigenvalue weighted by atomic mass is 10.2. The van der Waals surface area contributed by atoms with Crippen LogP contribution in [0.1, 0.15) is 29.2 Å². The molecule has 1 aromatic heterocycles. The highest BCUT2D eigenvalue weighted by Gasteiger charge is 2.18. The van der Waals surface area contributed by atoms with Crippen LogP contribution in [0.4, 0.5) is 0 Å². The summed E-state index contributed by atoms with van der Waals surface area (Å²) in [5.41, 5.74) is 0.567. The van der Waals surface area contributed by atoms with Crippen LogP contribution in [0.25, 0.3) is 10.9 Å². The molecule has 0 spiro atoms. The molecule has 7 heteroatoms. The highest BCUT2D eigenvalue weighted by molar-refractivity contribution is 5.90. The molecule has 0 amide bonds. The van der Waals surface area contributed by atoms with E-state index >= 15 is 0 Å². The van der Waals surface area contributed by atoms with Crippen LogP contribution in [0.3, 0.4) is 0 Å². The van der Waals surface area contributed by atoms with Crippen molar-refractivity contribution in [3.05, 3.63) is 64.2 Å². The number of benzene rings is 2. The van der Waals surface area contributed by atoms with E-state index in [0.717, 1.165) is 0 Å². The molecular weight excluding hydrogens is 336 g/mol. The molecule has 0 bridgehead atoms. The van der Waals surface area contributed by atoms with Gasteiger partial charge in [0.1, 0.15) is 0 Å². The highest BCUT2D eigenvalue weighted by Crippen LogP contribution is 2.28. The summed E-state index contributed by atoms with van der Waals surface area (Å²) in [7, 11) is 3.00. The second-order valence-corrected chi connectivity index (χ2v) is 5.59. The summed E-state index contributed by atoms with van der Waals surface area (Å²) in [5.74, 6) is 0.654. The molecule has 3 aromatic rings. The summed E-state index contributed by atoms with van der Waals surface area (Å²) in [6.07, 6.45) is -0.729. The van der Waals surface area contributed by atoms with Crippen LogP contribution in [-0.4, -0.2) is 30.2 Å². The minimum atomic E-state index is -0.729. The fraction of sp³-hybridized carbons (Fsp3) is 0.211. The summed E-state index contributed by atoms with van der Waals surface area (Å²) in [6.45, 7) is 1.64. The Balaban J connectivity index is 1.84. The molecule has 26 heavy (non-hydrogen) atoms. The van der Waals surface area contributed by atoms with E-state index in [0.29, 0.717) is 28.0 Å². The Labute approximate surface area is 149 Å². The third kappa shape index (κ3) is 3.37. The summed E-state index contributed by atoms with van der Waals surface area (Å²) < 4.78 is 15.8. The van der Waals surface area contributed by atoms with Crippen molar-refractivity contribution in [3.8, 4) is 11.5 Å². The molecule has 3 rings (SSSR count). The fourth-order valence-electron chi connectivity index (χ4n) is 2.54. The molecule has 0 saturated carbocycles. The minimum absolute atomic E-state index is 0.278. The third-order valence-corrected chi connectivity index (χ3v) is 3.92. The lowest BCUT2D eigenvalue weighted by Gasteiger charge is -2.14. The van der Waals surface area contributed by atoms with Gasteiger partial charge >= 0.3 is 5.97 Å². The number of aromatic amines is 1. The number of methoxy groups -OCH3 is 2. The number of rotatable bonds is 5. The quantitative estimate of drug-likeness (QED) is 0.709. The molecule has 134 valence electrons. The molecule has 7 nitrogen and oxygen atoms in total. The molecule has 1 N–H and O–H groups in total. The van der Waals surface area contributed by atoms with E-state index in [-0.39, 0.29) is 11.4 Å². The van der Waals surface area contributed by atoms with E-state index in [1.807, 2.05) is 0 Å². The van der Waals surface area contributed by atoms with E-state index in [4.69, 9.17) is 14.2 Å². The Hall–Kier alpha value is -3.35. The fourth-order valence-corrected chi connectivity index (χ4v) is 2.54. The maximum absolute atomic E-state index is 12.4. The molecular formula is C19H18N2O5. The standard InChI is InChI=1S/C19H18N2O5/c1-11(17-20-14-7-5-4-6-13(14)18(22)21-17)26-19(23)12-8-9-15(24-2)16(10-12)25-3/h4-11H,1-3H3,(H,20,21,22). The number of fused-ring (bicyclic) bond motifs is 1. The normalized spacial score (nSPS) is 11.8. The number of H-pyrrole nitrogens is 1. The van der Waals surface area contributed by atoms with Gasteiger partial charge in [0.2, 0.25) is 0 Å². The first-order chi connectivity index (χ1) is 12.5. The molecule has 0 radical (unpaired) electrons. The summed E-state index contributed by atoms with van der Waals surface area (Å²) in [4.78, 5) is 31.6. The molecule has 0 aliphatic carbocycles. The first-order valence-corrected chi connectivity index (χ1v) is 7.95. The zero-order chi connectivity index (χ0) is 18.7. The molecule has 0 saturated heterocycles. The maximum atomic E-state index is 12.4. The average molecular weight is 354 g/mol. The van der Waals surface area contributed by atoms with Crippen molar-refractivity contribution in [1.29, 1.82) is 0 Å². The smallest absolute Gasteiger partial charge is 0.338 e. The van der Waals surface area contributed by atoms with E-state index < -0.39 is 12.1 Å². The number of esters is 1. The lowest BCUT2D eigenvalue weighted by molar-refractivity contribution is 0.0319. The summed E-state index contributed by atoms with van der Waals surface area (Å²) in [5, 5.41) is 0.481. The molecule has 1 heterocycles. The lowest BCUT2D eigenvalue weighted by Crippen LogP contribution is -2.17. The van der Waals surface area contributed by atoms with Gasteiger partial charge in [0.25, 0.3) is 5.56 Å². The predicted molar refractivity (Wildman–Crippen MR) is 95.7 cm³/mol. The number of hydrogen-bond acceptors (Lipinski definition) is 6. The van der Waals surface area contributed by atoms with Gasteiger partial charge in [0, 0.05) is 0 Å². The molecule has 1 atom stereocenters. The van der Waals surface area contributed by atoms with Crippen LogP contribution in [0.15, 0.2) is 47.3 Å². The Morgan fingerprint density at radius 2 is 1.81 bits per heavy atom. The number of nitrogens with one attached hydrogen (secondary N) is 1. The topological polar surface area (TPSA) is 90.5 Å². The van der Waals surface area contributed by atoms with Gasteiger partial charge in [-0.05, 0) is 37.3 Å². The first kappa shape index (κ1) is 17.5. The van der Waals surface area contributed by atoms with Gasteiger partial charge in [-0.15, -0.1) is 0 Å². The van der Waals surface area contributed by atoms with Gasteiger partial charge in [0.05, 0.1) is 30.7 Å². The number of nitrogens with zero attached hydrogens (tertiary/aromatic N) is 1. The summed E-state index contributed by atoms with van der Waals surface area (Å²) >= 11 is 0. The van der Waals surface area contributed by atoms with Crippen molar-refractivity contribution in [2.24, 2.45) is 0 Å². The Bertz CT molecular complexity index is 1010. The van der Waals surface area contributed by atoms with E-state index in [1.54, 1.807) is 43.3 Å². The second-order valence-electron chi connectivity index (χ2n) is 5.59. The van der Waals surface area contributed by atoms with Crippen LogP contribution in [0.2, 0.25) is 0 Å². The number of hydrogen-bond donors (Lipinski definition) is 1. The third-order valence-electron chi connectivity index (χ3n) is 3.92. The van der Waals surface area contributed by atoms with E-state index in [2.05, 4.69) is 9.97 Å². The van der Waals surface area contributed by atoms with Gasteiger partial charge in [0.15, 0.2) is 23.4 Å². The average Bonchev–Trinajstić information content (AvgIpc) is 2.67. The first-order valence-electron chi connectivity index (χ1n) is 7.95. The number of aromatic nitrogens is 2. The van der Waals surface area contributed by atoms with Crippen molar-refractivity contribution in [3.63, 3.8) is 0 Å². The van der Waals surface area contributed by atoms with Gasteiger partial charge in [-0.25, -0.2) is 9.78 Å². The largest absolute Gasteiger partial charge is 0.493 e. The SMILES string of the molecule is COc1ccc(C(=O)OC(C)c2nc3ccccc3c(=O)[nH]2)cc1OC. The van der Waals surface area contributed by atoms with Crippen molar-refractivity contribution in [2.75, 3.05) is 14.2 Å². The minimum Gasteiger partial charge on any atom is -0.493 e. The molecule has 0 fully saturated rings. The molecule has 0 aliphatic heterocycles. The van der Waals surface area contributed by atoms with Crippen LogP contribution in [0, 0.1) is 0 Å². The van der Waals surface area contributed by atoms with E-state index in [1.165, 1.54) is 20.3 Å². The molecule has 1 unspecified atom stereocenters. The van der Waals surface area contributed by atoms with Crippen molar-refractivity contribution < 1.29 is 19.0 Å². The number of carbonyl (C=O) groups is 1. The van der Waals surface area contributed by atoms with Gasteiger partial charge in [-0.1, -0.05) is 12.1 Å². The predicted octanol–water partition coefficient (Wildman–Crippen LogP) is 2.86. The number of para-hydroxylation sites is 1. The Morgan fingerprint density at radius 3 is 2.54 bits per heavy atom. The summed E-state index contributed by atoms with van der Waals surface area (Å²) in [6, 6.07) is 11.7. The Morgan fingerprint density at radius 1 is 1.08 bits per heavy atom. The van der Waals surface area contributed by atoms with Gasteiger partial charge in [-0.2, -0.15) is 0 Å².